The largest absolute Gasteiger partial charge is 0.371 e. The molecule has 0 bridgehead atoms. The van der Waals surface area contributed by atoms with Gasteiger partial charge in [-0.25, -0.2) is 4.79 Å². The summed E-state index contributed by atoms with van der Waals surface area (Å²) in [7, 11) is 0. The van der Waals surface area contributed by atoms with Gasteiger partial charge in [-0.3, -0.25) is 4.90 Å². The lowest BCUT2D eigenvalue weighted by atomic mass is 10.0. The minimum atomic E-state index is -0.0743. The number of hydrogen-bond donors (Lipinski definition) is 2. The first kappa shape index (κ1) is 18.0. The van der Waals surface area contributed by atoms with Crippen LogP contribution in [0.4, 0.5) is 4.79 Å². The average molecular weight is 343 g/mol. The first-order valence-corrected chi connectivity index (χ1v) is 9.22. The monoisotopic (exact) mass is 343 g/mol. The van der Waals surface area contributed by atoms with E-state index < -0.39 is 0 Å². The molecule has 2 N–H and O–H groups in total. The van der Waals surface area contributed by atoms with E-state index >= 15 is 0 Å². The molecule has 3 rings (SSSR count). The molecule has 5 heteroatoms. The van der Waals surface area contributed by atoms with Crippen LogP contribution >= 0.6 is 0 Å². The molecule has 2 aliphatic rings. The summed E-state index contributed by atoms with van der Waals surface area (Å²) < 4.78 is 5.84. The van der Waals surface area contributed by atoms with Gasteiger partial charge in [0, 0.05) is 32.3 Å². The summed E-state index contributed by atoms with van der Waals surface area (Å²) in [6, 6.07) is 10.3. The molecule has 5 nitrogen and oxygen atoms in total. The Kier molecular flexibility index (Phi) is 6.10. The highest BCUT2D eigenvalue weighted by molar-refractivity contribution is 5.74. The third-order valence-corrected chi connectivity index (χ3v) is 4.95. The van der Waals surface area contributed by atoms with Crippen molar-refractivity contribution in [3.63, 3.8) is 0 Å². The number of nitrogens with one attached hydrogen (secondary N) is 2. The number of hydrogen-bond acceptors (Lipinski definition) is 3. The van der Waals surface area contributed by atoms with Crippen LogP contribution in [0.1, 0.15) is 37.9 Å². The molecule has 2 aliphatic heterocycles. The normalized spacial score (nSPS) is 24.8. The fraction of sp³-hybridized carbons (Fsp3) is 0.550. The van der Waals surface area contributed by atoms with Crippen molar-refractivity contribution in [2.24, 2.45) is 0 Å². The summed E-state index contributed by atoms with van der Waals surface area (Å²) in [5, 5.41) is 6.25. The Morgan fingerprint density at radius 1 is 1.20 bits per heavy atom. The Morgan fingerprint density at radius 3 is 2.60 bits per heavy atom. The van der Waals surface area contributed by atoms with Crippen LogP contribution in [0.3, 0.4) is 0 Å². The van der Waals surface area contributed by atoms with E-state index in [-0.39, 0.29) is 24.2 Å². The molecule has 2 heterocycles. The van der Waals surface area contributed by atoms with Crippen molar-refractivity contribution in [3.8, 4) is 0 Å². The quantitative estimate of drug-likeness (QED) is 0.809. The van der Waals surface area contributed by atoms with E-state index in [2.05, 4.69) is 41.2 Å². The van der Waals surface area contributed by atoms with Crippen molar-refractivity contribution in [3.05, 3.63) is 48.0 Å². The van der Waals surface area contributed by atoms with Gasteiger partial charge in [-0.15, -0.1) is 0 Å². The van der Waals surface area contributed by atoms with Gasteiger partial charge in [-0.2, -0.15) is 0 Å². The number of amides is 2. The summed E-state index contributed by atoms with van der Waals surface area (Å²) in [6.07, 6.45) is 2.78. The van der Waals surface area contributed by atoms with Crippen LogP contribution < -0.4 is 10.6 Å². The Hall–Kier alpha value is -1.85. The Balaban J connectivity index is 1.46. The van der Waals surface area contributed by atoms with Crippen LogP contribution in [0, 0.1) is 0 Å². The zero-order valence-corrected chi connectivity index (χ0v) is 15.0. The van der Waals surface area contributed by atoms with Gasteiger partial charge in [0.05, 0.1) is 6.04 Å². The number of carbonyl (C=O) groups excluding carboxylic acids is 1. The molecule has 25 heavy (non-hydrogen) atoms. The molecule has 0 saturated carbocycles. The zero-order chi connectivity index (χ0) is 17.6. The molecule has 0 spiro atoms. The van der Waals surface area contributed by atoms with E-state index in [1.807, 2.05) is 18.2 Å². The zero-order valence-electron chi connectivity index (χ0n) is 15.0. The number of piperidine rings is 1. The predicted molar refractivity (Wildman–Crippen MR) is 99.5 cm³/mol. The van der Waals surface area contributed by atoms with Crippen molar-refractivity contribution in [2.45, 2.75) is 44.4 Å². The summed E-state index contributed by atoms with van der Waals surface area (Å²) in [4.78, 5) is 14.8. The molecule has 2 saturated heterocycles. The standard InChI is InChI=1S/C20H29N3O2/c1-15(2)14-23-11-8-17(9-12-23)21-20(24)22-18-10-13-25-19(18)16-6-4-3-5-7-16/h3-7,17-19H,1,8-14H2,2H3,(H2,21,22,24). The highest BCUT2D eigenvalue weighted by Crippen LogP contribution is 2.28. The summed E-state index contributed by atoms with van der Waals surface area (Å²) in [5.41, 5.74) is 2.32. The maximum atomic E-state index is 12.4. The molecule has 2 fully saturated rings. The molecule has 2 atom stereocenters. The van der Waals surface area contributed by atoms with Crippen LogP contribution in [-0.2, 0) is 4.74 Å². The van der Waals surface area contributed by atoms with Crippen molar-refractivity contribution >= 4 is 6.03 Å². The second kappa shape index (κ2) is 8.50. The van der Waals surface area contributed by atoms with Gasteiger partial charge in [0.25, 0.3) is 0 Å². The molecule has 0 aliphatic carbocycles. The van der Waals surface area contributed by atoms with E-state index in [4.69, 9.17) is 4.74 Å². The lowest BCUT2D eigenvalue weighted by Crippen LogP contribution is -2.50. The number of rotatable bonds is 5. The topological polar surface area (TPSA) is 53.6 Å². The van der Waals surface area contributed by atoms with Gasteiger partial charge in [-0.05, 0) is 31.7 Å². The van der Waals surface area contributed by atoms with Crippen molar-refractivity contribution in [1.82, 2.24) is 15.5 Å². The third-order valence-electron chi connectivity index (χ3n) is 4.95. The number of carbonyl (C=O) groups is 1. The predicted octanol–water partition coefficient (Wildman–Crippen LogP) is 2.86. The maximum absolute atomic E-state index is 12.4. The SMILES string of the molecule is C=C(C)CN1CCC(NC(=O)NC2CCOC2c2ccccc2)CC1. The van der Waals surface area contributed by atoms with Crippen molar-refractivity contribution in [1.29, 1.82) is 0 Å². The van der Waals surface area contributed by atoms with E-state index in [0.29, 0.717) is 6.61 Å². The van der Waals surface area contributed by atoms with Crippen LogP contribution in [-0.4, -0.2) is 49.3 Å². The maximum Gasteiger partial charge on any atom is 0.315 e. The van der Waals surface area contributed by atoms with E-state index in [9.17, 15) is 4.79 Å². The Labute approximate surface area is 150 Å². The minimum absolute atomic E-state index is 0.0332. The highest BCUT2D eigenvalue weighted by Gasteiger charge is 2.31. The summed E-state index contributed by atoms with van der Waals surface area (Å²) in [5.74, 6) is 0. The number of benzene rings is 1. The van der Waals surface area contributed by atoms with Crippen LogP contribution in [0.15, 0.2) is 42.5 Å². The van der Waals surface area contributed by atoms with Gasteiger partial charge < -0.3 is 15.4 Å². The Morgan fingerprint density at radius 2 is 1.92 bits per heavy atom. The molecule has 0 radical (unpaired) electrons. The van der Waals surface area contributed by atoms with Crippen molar-refractivity contribution < 1.29 is 9.53 Å². The average Bonchev–Trinajstić information content (AvgIpc) is 3.05. The van der Waals surface area contributed by atoms with Gasteiger partial charge in [0.2, 0.25) is 0 Å². The van der Waals surface area contributed by atoms with Gasteiger partial charge >= 0.3 is 6.03 Å². The molecular weight excluding hydrogens is 314 g/mol. The Bertz CT molecular complexity index is 582. The summed E-state index contributed by atoms with van der Waals surface area (Å²) >= 11 is 0. The lowest BCUT2D eigenvalue weighted by Gasteiger charge is -2.32. The lowest BCUT2D eigenvalue weighted by molar-refractivity contribution is 0.0996. The number of nitrogens with zero attached hydrogens (tertiary/aromatic N) is 1. The fourth-order valence-electron chi connectivity index (χ4n) is 3.72. The number of likely N-dealkylation sites (tertiary alicyclic amines) is 1. The van der Waals surface area contributed by atoms with Gasteiger partial charge in [0.15, 0.2) is 0 Å². The second-order valence-electron chi connectivity index (χ2n) is 7.22. The van der Waals surface area contributed by atoms with E-state index in [1.54, 1.807) is 0 Å². The van der Waals surface area contributed by atoms with Gasteiger partial charge in [0.1, 0.15) is 6.10 Å². The number of ether oxygens (including phenoxy) is 1. The third kappa shape index (κ3) is 5.06. The van der Waals surface area contributed by atoms with Gasteiger partial charge in [-0.1, -0.05) is 42.5 Å². The molecule has 1 aromatic rings. The molecule has 0 aromatic heterocycles. The highest BCUT2D eigenvalue weighted by atomic mass is 16.5. The van der Waals surface area contributed by atoms with E-state index in [1.165, 1.54) is 5.57 Å². The van der Waals surface area contributed by atoms with Crippen LogP contribution in [0.25, 0.3) is 0 Å². The molecule has 2 amide bonds. The molecular formula is C20H29N3O2. The first-order chi connectivity index (χ1) is 12.1. The smallest absolute Gasteiger partial charge is 0.315 e. The molecule has 1 aromatic carbocycles. The fourth-order valence-corrected chi connectivity index (χ4v) is 3.72. The first-order valence-electron chi connectivity index (χ1n) is 9.22. The van der Waals surface area contributed by atoms with Crippen LogP contribution in [0.2, 0.25) is 0 Å². The molecule has 2 unspecified atom stereocenters. The van der Waals surface area contributed by atoms with Crippen LogP contribution in [0.5, 0.6) is 0 Å². The molecule has 136 valence electrons. The van der Waals surface area contributed by atoms with Crippen molar-refractivity contribution in [2.75, 3.05) is 26.2 Å². The second-order valence-corrected chi connectivity index (χ2v) is 7.22. The number of urea groups is 1. The van der Waals surface area contributed by atoms with E-state index in [0.717, 1.165) is 44.5 Å². The minimum Gasteiger partial charge on any atom is -0.371 e. The summed E-state index contributed by atoms with van der Waals surface area (Å²) in [6.45, 7) is 9.69.